The minimum Gasteiger partial charge on any atom is -0.459 e. The summed E-state index contributed by atoms with van der Waals surface area (Å²) < 4.78 is 5.46. The molecule has 0 saturated carbocycles. The Morgan fingerprint density at radius 3 is 2.70 bits per heavy atom. The quantitative estimate of drug-likeness (QED) is 0.374. The van der Waals surface area contributed by atoms with Crippen LogP contribution in [0.5, 0.6) is 0 Å². The summed E-state index contributed by atoms with van der Waals surface area (Å²) in [5, 5.41) is 0. The van der Waals surface area contributed by atoms with Crippen LogP contribution in [-0.4, -0.2) is 12.1 Å². The van der Waals surface area contributed by atoms with Gasteiger partial charge in [0.1, 0.15) is 6.10 Å². The first-order valence-corrected chi connectivity index (χ1v) is 7.24. The van der Waals surface area contributed by atoms with Crippen LogP contribution in [0.15, 0.2) is 43.5 Å². The zero-order chi connectivity index (χ0) is 14.8. The summed E-state index contributed by atoms with van der Waals surface area (Å²) in [7, 11) is 0. The molecule has 1 aromatic rings. The molecule has 0 heterocycles. The smallest absolute Gasteiger partial charge is 0.330 e. The standard InChI is InChI=1S/C18H24O2/c1-4-7-8-13-17(20-18(19)6-3)14-16-12-10-9-11-15(16)5-2/h5-6,9-12,17H,2-4,7-8,13-14H2,1H3. The zero-order valence-corrected chi connectivity index (χ0v) is 12.3. The molecule has 1 rings (SSSR count). The highest BCUT2D eigenvalue weighted by Gasteiger charge is 2.14. The molecule has 0 spiro atoms. The second-order valence-electron chi connectivity index (χ2n) is 4.87. The zero-order valence-electron chi connectivity index (χ0n) is 12.3. The molecule has 1 aromatic carbocycles. The van der Waals surface area contributed by atoms with Crippen molar-refractivity contribution in [3.8, 4) is 0 Å². The molecule has 2 nitrogen and oxygen atoms in total. The van der Waals surface area contributed by atoms with Gasteiger partial charge in [0.15, 0.2) is 0 Å². The van der Waals surface area contributed by atoms with E-state index in [0.29, 0.717) is 0 Å². The maximum absolute atomic E-state index is 11.4. The van der Waals surface area contributed by atoms with Gasteiger partial charge in [-0.1, -0.05) is 63.3 Å². The average Bonchev–Trinajstić information content (AvgIpc) is 2.47. The van der Waals surface area contributed by atoms with Crippen molar-refractivity contribution in [2.24, 2.45) is 0 Å². The molecule has 108 valence electrons. The average molecular weight is 272 g/mol. The number of hydrogen-bond acceptors (Lipinski definition) is 2. The fraction of sp³-hybridized carbons (Fsp3) is 0.389. The molecule has 0 saturated heterocycles. The summed E-state index contributed by atoms with van der Waals surface area (Å²) in [4.78, 5) is 11.4. The van der Waals surface area contributed by atoms with Crippen LogP contribution >= 0.6 is 0 Å². The number of carbonyl (C=O) groups is 1. The van der Waals surface area contributed by atoms with Crippen LogP contribution in [0.3, 0.4) is 0 Å². The van der Waals surface area contributed by atoms with E-state index in [2.05, 4.69) is 26.1 Å². The fourth-order valence-electron chi connectivity index (χ4n) is 2.20. The third-order valence-electron chi connectivity index (χ3n) is 3.30. The lowest BCUT2D eigenvalue weighted by Gasteiger charge is -2.18. The highest BCUT2D eigenvalue weighted by atomic mass is 16.5. The lowest BCUT2D eigenvalue weighted by atomic mass is 9.98. The number of esters is 1. The molecule has 2 heteroatoms. The van der Waals surface area contributed by atoms with Crippen LogP contribution in [0.4, 0.5) is 0 Å². The maximum atomic E-state index is 11.4. The van der Waals surface area contributed by atoms with Crippen molar-refractivity contribution in [3.63, 3.8) is 0 Å². The fourth-order valence-corrected chi connectivity index (χ4v) is 2.20. The monoisotopic (exact) mass is 272 g/mol. The van der Waals surface area contributed by atoms with Crippen LogP contribution in [-0.2, 0) is 16.0 Å². The third-order valence-corrected chi connectivity index (χ3v) is 3.30. The number of unbranched alkanes of at least 4 members (excludes halogenated alkanes) is 2. The van der Waals surface area contributed by atoms with E-state index in [1.54, 1.807) is 0 Å². The summed E-state index contributed by atoms with van der Waals surface area (Å²) >= 11 is 0. The lowest BCUT2D eigenvalue weighted by Crippen LogP contribution is -2.20. The van der Waals surface area contributed by atoms with E-state index in [1.165, 1.54) is 11.6 Å². The third kappa shape index (κ3) is 5.43. The van der Waals surface area contributed by atoms with Gasteiger partial charge in [-0.15, -0.1) is 0 Å². The van der Waals surface area contributed by atoms with Crippen LogP contribution in [0.2, 0.25) is 0 Å². The van der Waals surface area contributed by atoms with E-state index in [0.717, 1.165) is 37.7 Å². The van der Waals surface area contributed by atoms with Crippen molar-refractivity contribution < 1.29 is 9.53 Å². The lowest BCUT2D eigenvalue weighted by molar-refractivity contribution is -0.143. The van der Waals surface area contributed by atoms with E-state index >= 15 is 0 Å². The van der Waals surface area contributed by atoms with E-state index in [-0.39, 0.29) is 12.1 Å². The highest BCUT2D eigenvalue weighted by Crippen LogP contribution is 2.17. The van der Waals surface area contributed by atoms with Gasteiger partial charge in [-0.05, 0) is 24.0 Å². The highest BCUT2D eigenvalue weighted by molar-refractivity contribution is 5.81. The number of rotatable bonds is 9. The van der Waals surface area contributed by atoms with Gasteiger partial charge in [0.25, 0.3) is 0 Å². The minimum atomic E-state index is -0.345. The molecule has 20 heavy (non-hydrogen) atoms. The van der Waals surface area contributed by atoms with Gasteiger partial charge < -0.3 is 4.74 Å². The first kappa shape index (κ1) is 16.2. The number of ether oxygens (including phenoxy) is 1. The van der Waals surface area contributed by atoms with E-state index in [1.807, 2.05) is 24.3 Å². The predicted octanol–water partition coefficient (Wildman–Crippen LogP) is 4.55. The van der Waals surface area contributed by atoms with Gasteiger partial charge in [0.05, 0.1) is 0 Å². The van der Waals surface area contributed by atoms with Gasteiger partial charge in [-0.2, -0.15) is 0 Å². The summed E-state index contributed by atoms with van der Waals surface area (Å²) in [6.07, 6.45) is 7.98. The normalized spacial score (nSPS) is 11.7. The Bertz CT molecular complexity index is 448. The van der Waals surface area contributed by atoms with E-state index in [4.69, 9.17) is 4.74 Å². The largest absolute Gasteiger partial charge is 0.459 e. The van der Waals surface area contributed by atoms with Crippen LogP contribution in [0.25, 0.3) is 6.08 Å². The van der Waals surface area contributed by atoms with E-state index in [9.17, 15) is 4.79 Å². The van der Waals surface area contributed by atoms with Crippen molar-refractivity contribution >= 4 is 12.0 Å². The van der Waals surface area contributed by atoms with Gasteiger partial charge in [0.2, 0.25) is 0 Å². The maximum Gasteiger partial charge on any atom is 0.330 e. The molecule has 0 aromatic heterocycles. The van der Waals surface area contributed by atoms with Crippen molar-refractivity contribution in [2.75, 3.05) is 0 Å². The molecule has 0 bridgehead atoms. The second-order valence-corrected chi connectivity index (χ2v) is 4.87. The Labute approximate surface area is 122 Å². The molecule has 1 atom stereocenters. The van der Waals surface area contributed by atoms with Crippen LogP contribution in [0, 0.1) is 0 Å². The first-order valence-electron chi connectivity index (χ1n) is 7.24. The van der Waals surface area contributed by atoms with Gasteiger partial charge in [0, 0.05) is 12.5 Å². The number of carbonyl (C=O) groups excluding carboxylic acids is 1. The summed E-state index contributed by atoms with van der Waals surface area (Å²) in [6, 6.07) is 8.08. The van der Waals surface area contributed by atoms with Gasteiger partial charge >= 0.3 is 5.97 Å². The minimum absolute atomic E-state index is 0.0897. The molecular weight excluding hydrogens is 248 g/mol. The molecule has 0 radical (unpaired) electrons. The Kier molecular flexibility index (Phi) is 7.41. The molecule has 0 N–H and O–H groups in total. The number of benzene rings is 1. The van der Waals surface area contributed by atoms with Gasteiger partial charge in [-0.25, -0.2) is 4.79 Å². The second kappa shape index (κ2) is 9.13. The summed E-state index contributed by atoms with van der Waals surface area (Å²) in [6.45, 7) is 9.45. The van der Waals surface area contributed by atoms with Crippen molar-refractivity contribution in [2.45, 2.75) is 45.1 Å². The van der Waals surface area contributed by atoms with Crippen molar-refractivity contribution in [1.29, 1.82) is 0 Å². The topological polar surface area (TPSA) is 26.3 Å². The van der Waals surface area contributed by atoms with Crippen molar-refractivity contribution in [1.82, 2.24) is 0 Å². The molecular formula is C18H24O2. The molecule has 0 aliphatic heterocycles. The van der Waals surface area contributed by atoms with Crippen LogP contribution < -0.4 is 0 Å². The number of hydrogen-bond donors (Lipinski definition) is 0. The Balaban J connectivity index is 2.73. The summed E-state index contributed by atoms with van der Waals surface area (Å²) in [5.74, 6) is -0.345. The van der Waals surface area contributed by atoms with Crippen LogP contribution in [0.1, 0.15) is 43.7 Å². The Hall–Kier alpha value is -1.83. The molecule has 0 amide bonds. The summed E-state index contributed by atoms with van der Waals surface area (Å²) in [5.41, 5.74) is 2.27. The van der Waals surface area contributed by atoms with Gasteiger partial charge in [-0.3, -0.25) is 0 Å². The molecule has 1 unspecified atom stereocenters. The Morgan fingerprint density at radius 2 is 2.05 bits per heavy atom. The Morgan fingerprint density at radius 1 is 1.30 bits per heavy atom. The SMILES string of the molecule is C=CC(=O)OC(CCCCC)Cc1ccccc1C=C. The predicted molar refractivity (Wildman–Crippen MR) is 84.5 cm³/mol. The first-order chi connectivity index (χ1) is 9.71. The molecule has 0 fully saturated rings. The molecule has 0 aliphatic carbocycles. The molecule has 0 aliphatic rings. The van der Waals surface area contributed by atoms with Crippen molar-refractivity contribution in [3.05, 3.63) is 54.6 Å². The van der Waals surface area contributed by atoms with E-state index < -0.39 is 0 Å².